The number of nitrogens with one attached hydrogen (secondary N) is 1. The van der Waals surface area contributed by atoms with E-state index in [4.69, 9.17) is 4.74 Å². The topological polar surface area (TPSA) is 62.1 Å². The molecule has 0 bridgehead atoms. The van der Waals surface area contributed by atoms with Crippen molar-refractivity contribution >= 4 is 12.0 Å². The summed E-state index contributed by atoms with van der Waals surface area (Å²) in [7, 11) is 0. The van der Waals surface area contributed by atoms with E-state index in [0.29, 0.717) is 6.61 Å². The molecule has 4 nitrogen and oxygen atoms in total. The van der Waals surface area contributed by atoms with Crippen molar-refractivity contribution in [1.82, 2.24) is 5.32 Å². The van der Waals surface area contributed by atoms with Gasteiger partial charge in [0, 0.05) is 6.04 Å². The van der Waals surface area contributed by atoms with E-state index in [-0.39, 0.29) is 17.5 Å². The molecule has 0 radical (unpaired) electrons. The Labute approximate surface area is 138 Å². The molecule has 2 rings (SSSR count). The molecule has 0 aliphatic heterocycles. The van der Waals surface area contributed by atoms with Crippen LogP contribution in [0.15, 0.2) is 29.8 Å². The van der Waals surface area contributed by atoms with Crippen molar-refractivity contribution in [1.29, 1.82) is 5.26 Å². The Kier molecular flexibility index (Phi) is 6.68. The third-order valence-corrected chi connectivity index (χ3v) is 4.06. The van der Waals surface area contributed by atoms with E-state index in [1.54, 1.807) is 6.08 Å². The molecule has 1 saturated carbocycles. The number of carbonyl (C=O) groups excluding carboxylic acids is 1. The average molecular weight is 312 g/mol. The SMILES string of the molecule is CCOc1ccc(/C=C(\C#N)C(=O)NC2CCCCCC2)cc1. The number of hydrogen-bond donors (Lipinski definition) is 1. The quantitative estimate of drug-likeness (QED) is 0.510. The molecule has 1 fully saturated rings. The third kappa shape index (κ3) is 5.45. The molecular formula is C19H24N2O2. The van der Waals surface area contributed by atoms with E-state index in [2.05, 4.69) is 5.32 Å². The molecule has 1 aromatic rings. The Bertz CT molecular complexity index is 576. The van der Waals surface area contributed by atoms with E-state index in [1.807, 2.05) is 37.3 Å². The van der Waals surface area contributed by atoms with Gasteiger partial charge in [0.15, 0.2) is 0 Å². The minimum absolute atomic E-state index is 0.151. The van der Waals surface area contributed by atoms with Crippen LogP contribution < -0.4 is 10.1 Å². The van der Waals surface area contributed by atoms with Crippen molar-refractivity contribution in [3.05, 3.63) is 35.4 Å². The van der Waals surface area contributed by atoms with Crippen molar-refractivity contribution < 1.29 is 9.53 Å². The second-order valence-electron chi connectivity index (χ2n) is 5.83. The second kappa shape index (κ2) is 8.99. The van der Waals surface area contributed by atoms with E-state index in [1.165, 1.54) is 12.8 Å². The van der Waals surface area contributed by atoms with Gasteiger partial charge in [-0.1, -0.05) is 37.8 Å². The Hall–Kier alpha value is -2.28. The summed E-state index contributed by atoms with van der Waals surface area (Å²) < 4.78 is 5.39. The van der Waals surface area contributed by atoms with Crippen LogP contribution >= 0.6 is 0 Å². The van der Waals surface area contributed by atoms with Gasteiger partial charge >= 0.3 is 0 Å². The number of nitrogens with zero attached hydrogens (tertiary/aromatic N) is 1. The van der Waals surface area contributed by atoms with Gasteiger partial charge in [0.2, 0.25) is 0 Å². The molecule has 0 aromatic heterocycles. The van der Waals surface area contributed by atoms with Gasteiger partial charge in [0.25, 0.3) is 5.91 Å². The summed E-state index contributed by atoms with van der Waals surface area (Å²) >= 11 is 0. The maximum absolute atomic E-state index is 12.3. The van der Waals surface area contributed by atoms with Gasteiger partial charge in [0.1, 0.15) is 17.4 Å². The minimum Gasteiger partial charge on any atom is -0.494 e. The van der Waals surface area contributed by atoms with Crippen molar-refractivity contribution in [2.24, 2.45) is 0 Å². The highest BCUT2D eigenvalue weighted by Gasteiger charge is 2.17. The number of ether oxygens (including phenoxy) is 1. The molecule has 0 unspecified atom stereocenters. The monoisotopic (exact) mass is 312 g/mol. The number of nitriles is 1. The van der Waals surface area contributed by atoms with Gasteiger partial charge in [-0.15, -0.1) is 0 Å². The number of amides is 1. The van der Waals surface area contributed by atoms with Crippen LogP contribution in [0.5, 0.6) is 5.75 Å². The van der Waals surface area contributed by atoms with E-state index < -0.39 is 0 Å². The fraction of sp³-hybridized carbons (Fsp3) is 0.474. The van der Waals surface area contributed by atoms with Crippen molar-refractivity contribution in [3.8, 4) is 11.8 Å². The summed E-state index contributed by atoms with van der Waals surface area (Å²) in [5.74, 6) is 0.513. The zero-order valence-electron chi connectivity index (χ0n) is 13.7. The Morgan fingerprint density at radius 3 is 2.48 bits per heavy atom. The Balaban J connectivity index is 2.02. The highest BCUT2D eigenvalue weighted by Crippen LogP contribution is 2.18. The molecule has 0 atom stereocenters. The van der Waals surface area contributed by atoms with E-state index in [9.17, 15) is 10.1 Å². The van der Waals surface area contributed by atoms with Gasteiger partial charge in [-0.05, 0) is 43.5 Å². The van der Waals surface area contributed by atoms with E-state index >= 15 is 0 Å². The summed E-state index contributed by atoms with van der Waals surface area (Å²) in [6, 6.07) is 9.59. The average Bonchev–Trinajstić information content (AvgIpc) is 2.83. The predicted octanol–water partition coefficient (Wildman–Crippen LogP) is 3.83. The highest BCUT2D eigenvalue weighted by molar-refractivity contribution is 6.01. The molecule has 0 saturated heterocycles. The van der Waals surface area contributed by atoms with Crippen LogP contribution in [0.3, 0.4) is 0 Å². The molecular weight excluding hydrogens is 288 g/mol. The highest BCUT2D eigenvalue weighted by atomic mass is 16.5. The van der Waals surface area contributed by atoms with Crippen molar-refractivity contribution in [2.75, 3.05) is 6.61 Å². The predicted molar refractivity (Wildman–Crippen MR) is 90.8 cm³/mol. The molecule has 1 N–H and O–H groups in total. The number of carbonyl (C=O) groups is 1. The molecule has 0 heterocycles. The Morgan fingerprint density at radius 1 is 1.26 bits per heavy atom. The fourth-order valence-electron chi connectivity index (χ4n) is 2.83. The number of benzene rings is 1. The lowest BCUT2D eigenvalue weighted by Gasteiger charge is -2.15. The number of rotatable bonds is 5. The van der Waals surface area contributed by atoms with Crippen LogP contribution in [0.25, 0.3) is 6.08 Å². The fourth-order valence-corrected chi connectivity index (χ4v) is 2.83. The Morgan fingerprint density at radius 2 is 1.91 bits per heavy atom. The maximum Gasteiger partial charge on any atom is 0.262 e. The summed E-state index contributed by atoms with van der Waals surface area (Å²) in [4.78, 5) is 12.3. The molecule has 1 aromatic carbocycles. The maximum atomic E-state index is 12.3. The molecule has 1 aliphatic carbocycles. The van der Waals surface area contributed by atoms with Crippen LogP contribution in [0.4, 0.5) is 0 Å². The molecule has 122 valence electrons. The molecule has 0 spiro atoms. The zero-order valence-corrected chi connectivity index (χ0v) is 13.7. The smallest absolute Gasteiger partial charge is 0.262 e. The largest absolute Gasteiger partial charge is 0.494 e. The van der Waals surface area contributed by atoms with Gasteiger partial charge in [-0.2, -0.15) is 5.26 Å². The van der Waals surface area contributed by atoms with E-state index in [0.717, 1.165) is 37.0 Å². The molecule has 4 heteroatoms. The van der Waals surface area contributed by atoms with Crippen molar-refractivity contribution in [2.45, 2.75) is 51.5 Å². The lowest BCUT2D eigenvalue weighted by atomic mass is 10.1. The first-order chi connectivity index (χ1) is 11.2. The van der Waals surface area contributed by atoms with Crippen LogP contribution in [-0.2, 0) is 4.79 Å². The lowest BCUT2D eigenvalue weighted by molar-refractivity contribution is -0.117. The molecule has 23 heavy (non-hydrogen) atoms. The van der Waals surface area contributed by atoms with Crippen molar-refractivity contribution in [3.63, 3.8) is 0 Å². The van der Waals surface area contributed by atoms with Gasteiger partial charge < -0.3 is 10.1 Å². The summed E-state index contributed by atoms with van der Waals surface area (Å²) in [5, 5.41) is 12.3. The standard InChI is InChI=1S/C19H24N2O2/c1-2-23-18-11-9-15(10-12-18)13-16(14-20)19(22)21-17-7-5-3-4-6-8-17/h9-13,17H,2-8H2,1H3,(H,21,22)/b16-13+. The molecule has 1 amide bonds. The number of hydrogen-bond acceptors (Lipinski definition) is 3. The first kappa shape index (κ1) is 17.1. The van der Waals surface area contributed by atoms with Gasteiger partial charge in [0.05, 0.1) is 6.61 Å². The van der Waals surface area contributed by atoms with Crippen LogP contribution in [0.2, 0.25) is 0 Å². The second-order valence-corrected chi connectivity index (χ2v) is 5.83. The van der Waals surface area contributed by atoms with Crippen LogP contribution in [-0.4, -0.2) is 18.6 Å². The van der Waals surface area contributed by atoms with Gasteiger partial charge in [-0.25, -0.2) is 0 Å². The first-order valence-corrected chi connectivity index (χ1v) is 8.38. The summed E-state index contributed by atoms with van der Waals surface area (Å²) in [6.07, 6.45) is 8.41. The van der Waals surface area contributed by atoms with Crippen LogP contribution in [0.1, 0.15) is 51.0 Å². The van der Waals surface area contributed by atoms with Gasteiger partial charge in [-0.3, -0.25) is 4.79 Å². The summed E-state index contributed by atoms with van der Waals surface area (Å²) in [6.45, 7) is 2.54. The first-order valence-electron chi connectivity index (χ1n) is 8.38. The minimum atomic E-state index is -0.270. The zero-order chi connectivity index (χ0) is 16.5. The third-order valence-electron chi connectivity index (χ3n) is 4.06. The van der Waals surface area contributed by atoms with Crippen LogP contribution in [0, 0.1) is 11.3 Å². The summed E-state index contributed by atoms with van der Waals surface area (Å²) in [5.41, 5.74) is 0.972. The lowest BCUT2D eigenvalue weighted by Crippen LogP contribution is -2.35. The molecule has 1 aliphatic rings. The normalized spacial score (nSPS) is 16.3.